The van der Waals surface area contributed by atoms with Crippen molar-refractivity contribution >= 4 is 22.7 Å². The topological polar surface area (TPSA) is 93.0 Å². The summed E-state index contributed by atoms with van der Waals surface area (Å²) in [7, 11) is 0.585. The van der Waals surface area contributed by atoms with Gasteiger partial charge in [0.1, 0.15) is 18.0 Å². The van der Waals surface area contributed by atoms with Gasteiger partial charge in [0.15, 0.2) is 5.82 Å². The summed E-state index contributed by atoms with van der Waals surface area (Å²) < 4.78 is 31.0. The summed E-state index contributed by atoms with van der Waals surface area (Å²) in [6.45, 7) is 8.41. The fourth-order valence-electron chi connectivity index (χ4n) is 4.46. The van der Waals surface area contributed by atoms with Gasteiger partial charge in [-0.25, -0.2) is 18.3 Å². The van der Waals surface area contributed by atoms with Gasteiger partial charge in [0, 0.05) is 30.4 Å². The van der Waals surface area contributed by atoms with Crippen LogP contribution in [0, 0.1) is 12.7 Å². The molecule has 10 heteroatoms. The zero-order valence-electron chi connectivity index (χ0n) is 21.9. The standard InChI is InChI=1S/C28H29FN6O2S/c1-17-10-18(14-31-38(37)28(2,3)4)11-25(32-17)35-15-20-7-6-19(12-23(20)27(35)36)22-9-8-21(29)13-24(22)26-33-30-16-34(26)5/h6-13,16,31H,14-15H2,1-5H3. The number of rotatable bonds is 6. The molecule has 3 heterocycles. The summed E-state index contributed by atoms with van der Waals surface area (Å²) in [5, 5.41) is 8.07. The van der Waals surface area contributed by atoms with Crippen LogP contribution >= 0.6 is 0 Å². The molecule has 4 aromatic rings. The third-order valence-corrected chi connectivity index (χ3v) is 7.92. The summed E-state index contributed by atoms with van der Waals surface area (Å²) in [6, 6.07) is 14.0. The number of aromatic nitrogens is 4. The Morgan fingerprint density at radius 1 is 1.05 bits per heavy atom. The Balaban J connectivity index is 1.45. The molecular weight excluding hydrogens is 503 g/mol. The zero-order valence-corrected chi connectivity index (χ0v) is 22.8. The number of nitrogens with zero attached hydrogens (tertiary/aromatic N) is 5. The van der Waals surface area contributed by atoms with Gasteiger partial charge in [0.05, 0.1) is 22.3 Å². The van der Waals surface area contributed by atoms with Gasteiger partial charge in [-0.05, 0) is 80.3 Å². The van der Waals surface area contributed by atoms with Gasteiger partial charge < -0.3 is 4.57 Å². The molecule has 1 aliphatic heterocycles. The van der Waals surface area contributed by atoms with Crippen molar-refractivity contribution in [2.45, 2.75) is 45.5 Å². The number of nitrogens with one attached hydrogen (secondary N) is 1. The molecule has 2 aromatic carbocycles. The largest absolute Gasteiger partial charge is 0.317 e. The molecule has 1 amide bonds. The minimum atomic E-state index is -1.21. The molecule has 8 nitrogen and oxygen atoms in total. The summed E-state index contributed by atoms with van der Waals surface area (Å²) >= 11 is 0. The molecule has 38 heavy (non-hydrogen) atoms. The molecule has 1 atom stereocenters. The lowest BCUT2D eigenvalue weighted by molar-refractivity contribution is 0.0996. The Labute approximate surface area is 223 Å². The molecule has 5 rings (SSSR count). The van der Waals surface area contributed by atoms with E-state index in [0.717, 1.165) is 27.9 Å². The predicted octanol–water partition coefficient (Wildman–Crippen LogP) is 4.70. The Kier molecular flexibility index (Phi) is 6.70. The molecular formula is C28H29FN6O2S. The smallest absolute Gasteiger partial charge is 0.260 e. The summed E-state index contributed by atoms with van der Waals surface area (Å²) in [5.41, 5.74) is 5.26. The van der Waals surface area contributed by atoms with Gasteiger partial charge in [0.25, 0.3) is 5.91 Å². The van der Waals surface area contributed by atoms with E-state index in [-0.39, 0.29) is 16.5 Å². The van der Waals surface area contributed by atoms with Gasteiger partial charge in [-0.15, -0.1) is 10.2 Å². The average molecular weight is 533 g/mol. The first kappa shape index (κ1) is 25.9. The summed E-state index contributed by atoms with van der Waals surface area (Å²) in [5.74, 6) is 0.551. The van der Waals surface area contributed by atoms with Crippen LogP contribution in [0.2, 0.25) is 0 Å². The number of benzene rings is 2. The highest BCUT2D eigenvalue weighted by Crippen LogP contribution is 2.35. The second-order valence-electron chi connectivity index (χ2n) is 10.4. The van der Waals surface area contributed by atoms with Gasteiger partial charge >= 0.3 is 0 Å². The van der Waals surface area contributed by atoms with E-state index in [1.54, 1.807) is 28.9 Å². The molecule has 1 N–H and O–H groups in total. The SMILES string of the molecule is Cc1cc(CNS(=O)C(C)(C)C)cc(N2Cc3ccc(-c4ccc(F)cc4-c4nncn4C)cc3C2=O)n1. The zero-order chi connectivity index (χ0) is 27.2. The molecule has 1 unspecified atom stereocenters. The maximum absolute atomic E-state index is 14.2. The number of fused-ring (bicyclic) bond motifs is 1. The van der Waals surface area contributed by atoms with Crippen LogP contribution in [-0.4, -0.2) is 34.6 Å². The number of aryl methyl sites for hydroxylation is 2. The fraction of sp³-hybridized carbons (Fsp3) is 0.286. The number of carbonyl (C=O) groups excluding carboxylic acids is 1. The summed E-state index contributed by atoms with van der Waals surface area (Å²) in [6.07, 6.45) is 1.56. The minimum Gasteiger partial charge on any atom is -0.317 e. The lowest BCUT2D eigenvalue weighted by Crippen LogP contribution is -2.33. The van der Waals surface area contributed by atoms with Gasteiger partial charge in [-0.2, -0.15) is 0 Å². The molecule has 196 valence electrons. The lowest BCUT2D eigenvalue weighted by atomic mass is 9.96. The van der Waals surface area contributed by atoms with E-state index < -0.39 is 11.0 Å². The van der Waals surface area contributed by atoms with Gasteiger partial charge in [-0.1, -0.05) is 18.2 Å². The van der Waals surface area contributed by atoms with E-state index in [2.05, 4.69) is 19.9 Å². The molecule has 0 spiro atoms. The van der Waals surface area contributed by atoms with Crippen molar-refractivity contribution in [3.05, 3.63) is 83.1 Å². The maximum atomic E-state index is 14.2. The van der Waals surface area contributed by atoms with Crippen LogP contribution in [0.15, 0.2) is 54.9 Å². The van der Waals surface area contributed by atoms with E-state index >= 15 is 0 Å². The maximum Gasteiger partial charge on any atom is 0.260 e. The van der Waals surface area contributed by atoms with Crippen LogP contribution in [0.1, 0.15) is 48.0 Å². The van der Waals surface area contributed by atoms with Crippen molar-refractivity contribution in [2.75, 3.05) is 4.90 Å². The van der Waals surface area contributed by atoms with Crippen molar-refractivity contribution in [1.29, 1.82) is 0 Å². The highest BCUT2D eigenvalue weighted by atomic mass is 32.2. The van der Waals surface area contributed by atoms with Crippen LogP contribution in [0.3, 0.4) is 0 Å². The lowest BCUT2D eigenvalue weighted by Gasteiger charge is -2.19. The number of hydrogen-bond donors (Lipinski definition) is 1. The van der Waals surface area contributed by atoms with Crippen LogP contribution in [0.5, 0.6) is 0 Å². The number of carbonyl (C=O) groups is 1. The van der Waals surface area contributed by atoms with Crippen molar-refractivity contribution in [3.8, 4) is 22.5 Å². The van der Waals surface area contributed by atoms with Crippen LogP contribution in [-0.2, 0) is 31.1 Å². The van der Waals surface area contributed by atoms with Crippen LogP contribution < -0.4 is 9.62 Å². The minimum absolute atomic E-state index is 0.153. The highest BCUT2D eigenvalue weighted by Gasteiger charge is 2.30. The van der Waals surface area contributed by atoms with Crippen molar-refractivity contribution in [3.63, 3.8) is 0 Å². The Morgan fingerprint density at radius 3 is 2.55 bits per heavy atom. The first-order chi connectivity index (χ1) is 18.0. The molecule has 0 saturated heterocycles. The first-order valence-electron chi connectivity index (χ1n) is 12.2. The molecule has 2 aromatic heterocycles. The Bertz CT molecular complexity index is 1580. The highest BCUT2D eigenvalue weighted by molar-refractivity contribution is 7.84. The molecule has 0 fully saturated rings. The number of amides is 1. The van der Waals surface area contributed by atoms with E-state index in [0.29, 0.717) is 35.9 Å². The molecule has 0 bridgehead atoms. The fourth-order valence-corrected chi connectivity index (χ4v) is 5.19. The van der Waals surface area contributed by atoms with E-state index in [1.165, 1.54) is 12.1 Å². The predicted molar refractivity (Wildman–Crippen MR) is 146 cm³/mol. The number of anilines is 1. The molecule has 0 aliphatic carbocycles. The van der Waals surface area contributed by atoms with Crippen molar-refractivity contribution in [2.24, 2.45) is 7.05 Å². The Hall–Kier alpha value is -3.76. The van der Waals surface area contributed by atoms with E-state index in [9.17, 15) is 13.4 Å². The summed E-state index contributed by atoms with van der Waals surface area (Å²) in [4.78, 5) is 19.8. The molecule has 1 aliphatic rings. The number of halogens is 1. The second kappa shape index (κ2) is 9.85. The number of pyridine rings is 1. The van der Waals surface area contributed by atoms with Crippen molar-refractivity contribution in [1.82, 2.24) is 24.5 Å². The average Bonchev–Trinajstić information content (AvgIpc) is 3.44. The van der Waals surface area contributed by atoms with Gasteiger partial charge in [0.2, 0.25) is 0 Å². The van der Waals surface area contributed by atoms with Crippen molar-refractivity contribution < 1.29 is 13.4 Å². The monoisotopic (exact) mass is 532 g/mol. The molecule has 0 saturated carbocycles. The normalized spacial score (nSPS) is 14.2. The third kappa shape index (κ3) is 5.01. The quantitative estimate of drug-likeness (QED) is 0.389. The van der Waals surface area contributed by atoms with Crippen LogP contribution in [0.25, 0.3) is 22.5 Å². The second-order valence-corrected chi connectivity index (χ2v) is 12.4. The van der Waals surface area contributed by atoms with E-state index in [1.807, 2.05) is 58.0 Å². The third-order valence-electron chi connectivity index (χ3n) is 6.40. The first-order valence-corrected chi connectivity index (χ1v) is 13.4. The van der Waals surface area contributed by atoms with E-state index in [4.69, 9.17) is 0 Å². The Morgan fingerprint density at radius 2 is 1.84 bits per heavy atom. The van der Waals surface area contributed by atoms with Gasteiger partial charge in [-0.3, -0.25) is 9.69 Å². The number of hydrogen-bond acceptors (Lipinski definition) is 5. The van der Waals surface area contributed by atoms with Crippen LogP contribution in [0.4, 0.5) is 10.2 Å². The molecule has 0 radical (unpaired) electrons.